The Labute approximate surface area is 253 Å². The Balaban J connectivity index is 1.56. The number of nitrogens with zero attached hydrogens (tertiary/aromatic N) is 3. The molecule has 3 aromatic carbocycles. The van der Waals surface area contributed by atoms with Crippen LogP contribution in [0.1, 0.15) is 48.2 Å². The Hall–Kier alpha value is -4.80. The van der Waals surface area contributed by atoms with Crippen LogP contribution in [0.15, 0.2) is 75.9 Å². The lowest BCUT2D eigenvalue weighted by atomic mass is 9.84. The molecule has 2 aliphatic rings. The molecule has 5 aromatic rings. The third-order valence-electron chi connectivity index (χ3n) is 8.02. The van der Waals surface area contributed by atoms with Crippen molar-refractivity contribution in [3.05, 3.63) is 121 Å². The van der Waals surface area contributed by atoms with E-state index >= 15 is 4.79 Å². The van der Waals surface area contributed by atoms with Crippen LogP contribution < -0.4 is 15.2 Å². The first-order valence-corrected chi connectivity index (χ1v) is 14.5. The van der Waals surface area contributed by atoms with Crippen molar-refractivity contribution in [2.24, 2.45) is 0 Å². The third-order valence-corrected chi connectivity index (χ3v) is 9.38. The zero-order chi connectivity index (χ0) is 30.2. The van der Waals surface area contributed by atoms with Crippen molar-refractivity contribution in [3.63, 3.8) is 0 Å². The number of thiazole rings is 1. The average molecular weight is 612 g/mol. The summed E-state index contributed by atoms with van der Waals surface area (Å²) in [6.07, 6.45) is 0. The molecule has 7 rings (SSSR count). The number of methoxy groups -OCH3 is 1. The summed E-state index contributed by atoms with van der Waals surface area (Å²) >= 11 is 7.17. The minimum absolute atomic E-state index is 0.0525. The lowest BCUT2D eigenvalue weighted by molar-refractivity contribution is -0.121. The third kappa shape index (κ3) is 3.66. The normalized spacial score (nSPS) is 17.2. The number of amides is 2. The van der Waals surface area contributed by atoms with Crippen molar-refractivity contribution in [1.82, 2.24) is 4.98 Å². The fourth-order valence-electron chi connectivity index (χ4n) is 6.01. The number of carbonyl (C=O) groups excluding carboxylic acids is 3. The molecule has 1 unspecified atom stereocenters. The number of ether oxygens (including phenoxy) is 1. The zero-order valence-corrected chi connectivity index (χ0v) is 24.7. The number of anilines is 2. The van der Waals surface area contributed by atoms with Crippen LogP contribution in [0.5, 0.6) is 0 Å². The number of esters is 1. The van der Waals surface area contributed by atoms with Crippen LogP contribution in [0, 0.1) is 13.8 Å². The van der Waals surface area contributed by atoms with E-state index in [4.69, 9.17) is 20.8 Å². The number of aromatic nitrogens is 1. The van der Waals surface area contributed by atoms with Gasteiger partial charge in [-0.3, -0.25) is 19.3 Å². The highest BCUT2D eigenvalue weighted by molar-refractivity contribution is 7.17. The van der Waals surface area contributed by atoms with E-state index in [1.54, 1.807) is 42.2 Å². The van der Waals surface area contributed by atoms with Gasteiger partial charge in [0.2, 0.25) is 5.76 Å². The summed E-state index contributed by atoms with van der Waals surface area (Å²) in [5, 5.41) is 0.484. The number of carbonyl (C=O) groups is 3. The van der Waals surface area contributed by atoms with Crippen LogP contribution >= 0.6 is 22.9 Å². The molecule has 9 nitrogen and oxygen atoms in total. The maximum absolute atomic E-state index is 15.0. The SMILES string of the molecule is COC(=O)c1sc(N2C(=O)c3oc4ccc(Cl)cc4c(=O)c3C23C(=O)N(Cc2ccccc2C)c2ccccc23)nc1C. The Bertz CT molecular complexity index is 2100. The van der Waals surface area contributed by atoms with E-state index < -0.39 is 28.8 Å². The summed E-state index contributed by atoms with van der Waals surface area (Å²) in [4.78, 5) is 63.9. The lowest BCUT2D eigenvalue weighted by Gasteiger charge is -2.32. The second-order valence-corrected chi connectivity index (χ2v) is 11.8. The monoisotopic (exact) mass is 611 g/mol. The molecule has 1 spiro atoms. The summed E-state index contributed by atoms with van der Waals surface area (Å²) in [5.41, 5.74) is 0.662. The fourth-order valence-corrected chi connectivity index (χ4v) is 7.22. The van der Waals surface area contributed by atoms with Gasteiger partial charge >= 0.3 is 5.97 Å². The van der Waals surface area contributed by atoms with Gasteiger partial charge < -0.3 is 14.1 Å². The first kappa shape index (κ1) is 27.1. The van der Waals surface area contributed by atoms with Crippen LogP contribution in [0.2, 0.25) is 5.02 Å². The molecule has 2 aliphatic heterocycles. The second kappa shape index (κ2) is 9.62. The van der Waals surface area contributed by atoms with Crippen LogP contribution in [0.3, 0.4) is 0 Å². The van der Waals surface area contributed by atoms with Gasteiger partial charge in [-0.1, -0.05) is 65.4 Å². The number of halogens is 1. The maximum atomic E-state index is 15.0. The molecule has 0 aliphatic carbocycles. The van der Waals surface area contributed by atoms with Gasteiger partial charge in [0.15, 0.2) is 16.1 Å². The van der Waals surface area contributed by atoms with Gasteiger partial charge in [0.1, 0.15) is 10.5 Å². The fraction of sp³-hybridized carbons (Fsp3) is 0.156. The number of rotatable bonds is 4. The maximum Gasteiger partial charge on any atom is 0.350 e. The average Bonchev–Trinajstić information content (AvgIpc) is 3.59. The van der Waals surface area contributed by atoms with Gasteiger partial charge in [0.05, 0.1) is 36.0 Å². The Morgan fingerprint density at radius 2 is 1.79 bits per heavy atom. The molecule has 1 atom stereocenters. The Morgan fingerprint density at radius 3 is 2.56 bits per heavy atom. The predicted molar refractivity (Wildman–Crippen MR) is 162 cm³/mol. The smallest absolute Gasteiger partial charge is 0.350 e. The van der Waals surface area contributed by atoms with Gasteiger partial charge in [0.25, 0.3) is 11.8 Å². The molecule has 0 fully saturated rings. The topological polar surface area (TPSA) is 110 Å². The number of hydrogen-bond donors (Lipinski definition) is 0. The second-order valence-electron chi connectivity index (χ2n) is 10.4. The molecule has 2 aromatic heterocycles. The van der Waals surface area contributed by atoms with Gasteiger partial charge in [-0.2, -0.15) is 0 Å². The number of benzene rings is 3. The van der Waals surface area contributed by atoms with Gasteiger partial charge in [-0.05, 0) is 49.2 Å². The molecular weight excluding hydrogens is 590 g/mol. The van der Waals surface area contributed by atoms with Gasteiger partial charge in [-0.25, -0.2) is 9.78 Å². The van der Waals surface area contributed by atoms with Crippen molar-refractivity contribution in [2.45, 2.75) is 25.9 Å². The van der Waals surface area contributed by atoms with Crippen LogP contribution in [-0.4, -0.2) is 29.9 Å². The van der Waals surface area contributed by atoms with Crippen molar-refractivity contribution in [1.29, 1.82) is 0 Å². The number of para-hydroxylation sites is 1. The summed E-state index contributed by atoms with van der Waals surface area (Å²) in [5.74, 6) is -2.15. The van der Waals surface area contributed by atoms with Crippen molar-refractivity contribution in [3.8, 4) is 0 Å². The number of fused-ring (bicyclic) bond motifs is 5. The Kier molecular flexibility index (Phi) is 6.05. The summed E-state index contributed by atoms with van der Waals surface area (Å²) in [7, 11) is 1.25. The highest BCUT2D eigenvalue weighted by Gasteiger charge is 2.66. The molecule has 0 radical (unpaired) electrons. The first-order chi connectivity index (χ1) is 20.7. The molecule has 43 heavy (non-hydrogen) atoms. The molecule has 4 heterocycles. The van der Waals surface area contributed by atoms with E-state index in [0.717, 1.165) is 22.5 Å². The van der Waals surface area contributed by atoms with E-state index in [9.17, 15) is 14.4 Å². The van der Waals surface area contributed by atoms with Crippen LogP contribution in [0.25, 0.3) is 11.0 Å². The van der Waals surface area contributed by atoms with Crippen molar-refractivity contribution in [2.75, 3.05) is 16.9 Å². The molecule has 11 heteroatoms. The molecule has 0 N–H and O–H groups in total. The van der Waals surface area contributed by atoms with E-state index in [2.05, 4.69) is 4.98 Å². The van der Waals surface area contributed by atoms with Crippen LogP contribution in [0.4, 0.5) is 10.8 Å². The summed E-state index contributed by atoms with van der Waals surface area (Å²) in [6.45, 7) is 3.76. The zero-order valence-electron chi connectivity index (χ0n) is 23.1. The minimum Gasteiger partial charge on any atom is -0.465 e. The van der Waals surface area contributed by atoms with E-state index in [1.165, 1.54) is 24.1 Å². The largest absolute Gasteiger partial charge is 0.465 e. The number of aryl methyl sites for hydroxylation is 2. The van der Waals surface area contributed by atoms with E-state index in [0.29, 0.717) is 22.0 Å². The summed E-state index contributed by atoms with van der Waals surface area (Å²) in [6, 6.07) is 19.3. The van der Waals surface area contributed by atoms with E-state index in [-0.39, 0.29) is 38.8 Å². The molecular formula is C32H22ClN3O6S. The standard InChI is InChI=1S/C32H22ClN3O6S/c1-16-8-4-5-9-18(16)15-35-22-11-7-6-10-21(22)32(30(35)40)24-25(37)20-14-19(33)12-13-23(20)42-26(24)28(38)36(32)31-34-17(2)27(43-31)29(39)41-3/h4-14H,15H2,1-3H3. The van der Waals surface area contributed by atoms with Crippen molar-refractivity contribution >= 4 is 62.5 Å². The summed E-state index contributed by atoms with van der Waals surface area (Å²) < 4.78 is 11.0. The quantitative estimate of drug-likeness (QED) is 0.238. The van der Waals surface area contributed by atoms with Crippen molar-refractivity contribution < 1.29 is 23.5 Å². The first-order valence-electron chi connectivity index (χ1n) is 13.3. The molecule has 0 saturated heterocycles. The van der Waals surface area contributed by atoms with Crippen LogP contribution in [-0.2, 0) is 21.6 Å². The Morgan fingerprint density at radius 1 is 1.05 bits per heavy atom. The highest BCUT2D eigenvalue weighted by atomic mass is 35.5. The molecule has 0 saturated carbocycles. The molecule has 0 bridgehead atoms. The van der Waals surface area contributed by atoms with Gasteiger partial charge in [-0.15, -0.1) is 0 Å². The highest BCUT2D eigenvalue weighted by Crippen LogP contribution is 2.55. The van der Waals surface area contributed by atoms with E-state index in [1.807, 2.05) is 31.2 Å². The number of hydrogen-bond acceptors (Lipinski definition) is 8. The minimum atomic E-state index is -1.96. The predicted octanol–water partition coefficient (Wildman–Crippen LogP) is 5.76. The lowest BCUT2D eigenvalue weighted by Crippen LogP contribution is -2.53. The molecule has 2 amide bonds. The molecule has 214 valence electrons. The van der Waals surface area contributed by atoms with Gasteiger partial charge in [0, 0.05) is 10.6 Å².